The number of hydrogen-bond acceptors (Lipinski definition) is 3. The molecule has 94 valence electrons. The number of carbonyl (C=O) groups excluding carboxylic acids is 1. The highest BCUT2D eigenvalue weighted by Gasteiger charge is 2.17. The fourth-order valence-corrected chi connectivity index (χ4v) is 2.02. The second kappa shape index (κ2) is 5.19. The Morgan fingerprint density at radius 1 is 1.17 bits per heavy atom. The number of aryl methyl sites for hydroxylation is 2. The van der Waals surface area contributed by atoms with Gasteiger partial charge in [0.05, 0.1) is 0 Å². The van der Waals surface area contributed by atoms with Crippen LogP contribution in [0.15, 0.2) is 34.7 Å². The second-order valence-corrected chi connectivity index (χ2v) is 4.29. The zero-order valence-corrected chi connectivity index (χ0v) is 10.8. The molecule has 1 aromatic carbocycles. The molecule has 1 heterocycles. The summed E-state index contributed by atoms with van der Waals surface area (Å²) in [6.07, 6.45) is 0. The Bertz CT molecular complexity index is 547. The van der Waals surface area contributed by atoms with Crippen LogP contribution in [-0.4, -0.2) is 12.9 Å². The van der Waals surface area contributed by atoms with E-state index in [0.717, 1.165) is 16.7 Å². The van der Waals surface area contributed by atoms with Crippen LogP contribution in [0.2, 0.25) is 0 Å². The number of methoxy groups -OCH3 is 1. The molecule has 1 aromatic heterocycles. The topological polar surface area (TPSA) is 39.4 Å². The van der Waals surface area contributed by atoms with Crippen LogP contribution >= 0.6 is 0 Å². The van der Waals surface area contributed by atoms with Crippen LogP contribution < -0.4 is 0 Å². The Labute approximate surface area is 106 Å². The first kappa shape index (κ1) is 12.6. The van der Waals surface area contributed by atoms with Gasteiger partial charge in [-0.05, 0) is 37.1 Å². The fraction of sp³-hybridized carbons (Fsp3) is 0.267. The van der Waals surface area contributed by atoms with E-state index in [2.05, 4.69) is 0 Å². The number of ether oxygens (including phenoxy) is 1. The first-order chi connectivity index (χ1) is 8.63. The minimum atomic E-state index is -0.0760. The molecule has 3 nitrogen and oxygen atoms in total. The largest absolute Gasteiger partial charge is 0.455 e. The van der Waals surface area contributed by atoms with Gasteiger partial charge in [0, 0.05) is 12.7 Å². The molecule has 0 saturated heterocycles. The Hall–Kier alpha value is -1.87. The quantitative estimate of drug-likeness (QED) is 0.775. The third-order valence-electron chi connectivity index (χ3n) is 2.88. The van der Waals surface area contributed by atoms with E-state index in [1.54, 1.807) is 19.2 Å². The number of ketones is 1. The summed E-state index contributed by atoms with van der Waals surface area (Å²) >= 11 is 0. The molecule has 0 radical (unpaired) electrons. The highest BCUT2D eigenvalue weighted by atomic mass is 16.5. The Kier molecular flexibility index (Phi) is 3.63. The van der Waals surface area contributed by atoms with Crippen molar-refractivity contribution in [3.05, 3.63) is 58.5 Å². The normalized spacial score (nSPS) is 10.6. The summed E-state index contributed by atoms with van der Waals surface area (Å²) in [6, 6.07) is 9.27. The number of hydrogen-bond donors (Lipinski definition) is 0. The number of rotatable bonds is 4. The van der Waals surface area contributed by atoms with Gasteiger partial charge in [0.1, 0.15) is 12.4 Å². The van der Waals surface area contributed by atoms with Crippen molar-refractivity contribution in [2.45, 2.75) is 20.5 Å². The van der Waals surface area contributed by atoms with Gasteiger partial charge in [-0.15, -0.1) is 0 Å². The van der Waals surface area contributed by atoms with E-state index >= 15 is 0 Å². The molecule has 0 aliphatic rings. The van der Waals surface area contributed by atoms with Gasteiger partial charge in [0.2, 0.25) is 5.78 Å². The monoisotopic (exact) mass is 244 g/mol. The zero-order valence-electron chi connectivity index (χ0n) is 10.8. The summed E-state index contributed by atoms with van der Waals surface area (Å²) in [6.45, 7) is 4.23. The molecule has 2 aromatic rings. The van der Waals surface area contributed by atoms with E-state index in [1.807, 2.05) is 32.0 Å². The summed E-state index contributed by atoms with van der Waals surface area (Å²) < 4.78 is 10.4. The molecule has 0 spiro atoms. The molecule has 0 fully saturated rings. The van der Waals surface area contributed by atoms with Gasteiger partial charge >= 0.3 is 0 Å². The van der Waals surface area contributed by atoms with Gasteiger partial charge < -0.3 is 9.15 Å². The maximum atomic E-state index is 12.4. The Balaban J connectivity index is 2.35. The van der Waals surface area contributed by atoms with Crippen molar-refractivity contribution in [2.24, 2.45) is 0 Å². The Morgan fingerprint density at radius 2 is 1.83 bits per heavy atom. The van der Waals surface area contributed by atoms with Crippen molar-refractivity contribution < 1.29 is 13.9 Å². The lowest BCUT2D eigenvalue weighted by atomic mass is 9.98. The number of carbonyl (C=O) groups is 1. The SMILES string of the molecule is COCc1ccc(C(=O)c2c(C)cccc2C)o1. The van der Waals surface area contributed by atoms with Crippen LogP contribution in [0.5, 0.6) is 0 Å². The van der Waals surface area contributed by atoms with Crippen LogP contribution in [0.4, 0.5) is 0 Å². The van der Waals surface area contributed by atoms with Crippen LogP contribution in [0, 0.1) is 13.8 Å². The van der Waals surface area contributed by atoms with Gasteiger partial charge in [-0.2, -0.15) is 0 Å². The first-order valence-electron chi connectivity index (χ1n) is 5.82. The molecule has 18 heavy (non-hydrogen) atoms. The van der Waals surface area contributed by atoms with Crippen LogP contribution in [0.1, 0.15) is 33.0 Å². The van der Waals surface area contributed by atoms with Gasteiger partial charge in [0.15, 0.2) is 5.76 Å². The van der Waals surface area contributed by atoms with E-state index in [-0.39, 0.29) is 5.78 Å². The van der Waals surface area contributed by atoms with Crippen molar-refractivity contribution in [3.63, 3.8) is 0 Å². The highest BCUT2D eigenvalue weighted by Crippen LogP contribution is 2.19. The maximum absolute atomic E-state index is 12.4. The predicted molar refractivity (Wildman–Crippen MR) is 68.8 cm³/mol. The minimum absolute atomic E-state index is 0.0760. The lowest BCUT2D eigenvalue weighted by molar-refractivity contribution is 0.0998. The van der Waals surface area contributed by atoms with Crippen molar-refractivity contribution in [3.8, 4) is 0 Å². The van der Waals surface area contributed by atoms with E-state index in [9.17, 15) is 4.79 Å². The molecule has 0 amide bonds. The second-order valence-electron chi connectivity index (χ2n) is 4.29. The van der Waals surface area contributed by atoms with E-state index in [0.29, 0.717) is 18.1 Å². The van der Waals surface area contributed by atoms with Crippen molar-refractivity contribution in [1.29, 1.82) is 0 Å². The third kappa shape index (κ3) is 2.36. The molecule has 3 heteroatoms. The molecule has 0 aliphatic carbocycles. The Morgan fingerprint density at radius 3 is 2.44 bits per heavy atom. The van der Waals surface area contributed by atoms with Crippen LogP contribution in [0.25, 0.3) is 0 Å². The van der Waals surface area contributed by atoms with Crippen LogP contribution in [0.3, 0.4) is 0 Å². The lowest BCUT2D eigenvalue weighted by Gasteiger charge is -2.06. The highest BCUT2D eigenvalue weighted by molar-refractivity contribution is 6.09. The van der Waals surface area contributed by atoms with Gasteiger partial charge in [-0.3, -0.25) is 4.79 Å². The first-order valence-corrected chi connectivity index (χ1v) is 5.82. The van der Waals surface area contributed by atoms with Crippen molar-refractivity contribution >= 4 is 5.78 Å². The summed E-state index contributed by atoms with van der Waals surface area (Å²) in [5.74, 6) is 0.944. The molecule has 0 N–H and O–H groups in total. The average Bonchev–Trinajstić information content (AvgIpc) is 2.78. The molecule has 0 aliphatic heterocycles. The standard InChI is InChI=1S/C15H16O3/c1-10-5-4-6-11(2)14(10)15(16)13-8-7-12(18-13)9-17-3/h4-8H,9H2,1-3H3. The molecule has 0 unspecified atom stereocenters. The minimum Gasteiger partial charge on any atom is -0.455 e. The van der Waals surface area contributed by atoms with E-state index < -0.39 is 0 Å². The van der Waals surface area contributed by atoms with E-state index in [4.69, 9.17) is 9.15 Å². The van der Waals surface area contributed by atoms with Gasteiger partial charge in [-0.25, -0.2) is 0 Å². The summed E-state index contributed by atoms with van der Waals surface area (Å²) in [5.41, 5.74) is 2.64. The third-order valence-corrected chi connectivity index (χ3v) is 2.88. The zero-order chi connectivity index (χ0) is 13.1. The van der Waals surface area contributed by atoms with Crippen molar-refractivity contribution in [2.75, 3.05) is 7.11 Å². The fourth-order valence-electron chi connectivity index (χ4n) is 2.02. The molecule has 0 saturated carbocycles. The number of furan rings is 1. The summed E-state index contributed by atoms with van der Waals surface area (Å²) in [5, 5.41) is 0. The molecule has 0 bridgehead atoms. The average molecular weight is 244 g/mol. The molecule has 0 atom stereocenters. The smallest absolute Gasteiger partial charge is 0.228 e. The maximum Gasteiger partial charge on any atom is 0.228 e. The predicted octanol–water partition coefficient (Wildman–Crippen LogP) is 3.27. The molecule has 2 rings (SSSR count). The molecular formula is C15H16O3. The van der Waals surface area contributed by atoms with Crippen molar-refractivity contribution in [1.82, 2.24) is 0 Å². The van der Waals surface area contributed by atoms with Gasteiger partial charge in [0.25, 0.3) is 0 Å². The van der Waals surface area contributed by atoms with E-state index in [1.165, 1.54) is 0 Å². The molecular weight excluding hydrogens is 228 g/mol. The summed E-state index contributed by atoms with van der Waals surface area (Å²) in [4.78, 5) is 12.4. The lowest BCUT2D eigenvalue weighted by Crippen LogP contribution is -2.05. The number of benzene rings is 1. The van der Waals surface area contributed by atoms with Crippen LogP contribution in [-0.2, 0) is 11.3 Å². The summed E-state index contributed by atoms with van der Waals surface area (Å²) in [7, 11) is 1.59. The van der Waals surface area contributed by atoms with Gasteiger partial charge in [-0.1, -0.05) is 18.2 Å².